The summed E-state index contributed by atoms with van der Waals surface area (Å²) in [6.45, 7) is 1.67. The molecule has 0 saturated carbocycles. The van der Waals surface area contributed by atoms with Gasteiger partial charge in [0.25, 0.3) is 0 Å². The molecule has 2 heterocycles. The summed E-state index contributed by atoms with van der Waals surface area (Å²) in [5.41, 5.74) is 0.654. The molecule has 26 heavy (non-hydrogen) atoms. The SMILES string of the molecule is O=S1(=O)c2cc(Cl)ccc2[N-]c2c(O[C@@H]3CCCCNC3)cc(Cl)cc21. The Morgan fingerprint density at radius 2 is 1.88 bits per heavy atom. The number of hydrogen-bond donors (Lipinski definition) is 1. The molecule has 138 valence electrons. The minimum absolute atomic E-state index is 0.0513. The Bertz CT molecular complexity index is 955. The van der Waals surface area contributed by atoms with Crippen molar-refractivity contribution in [1.29, 1.82) is 0 Å². The van der Waals surface area contributed by atoms with E-state index in [0.29, 0.717) is 33.7 Å². The van der Waals surface area contributed by atoms with Crippen molar-refractivity contribution in [2.75, 3.05) is 13.1 Å². The lowest BCUT2D eigenvalue weighted by Gasteiger charge is -2.36. The fourth-order valence-corrected chi connectivity index (χ4v) is 5.36. The summed E-state index contributed by atoms with van der Waals surface area (Å²) in [6.07, 6.45) is 3.00. The van der Waals surface area contributed by atoms with Crippen LogP contribution in [-0.4, -0.2) is 27.6 Å². The highest BCUT2D eigenvalue weighted by molar-refractivity contribution is 7.92. The van der Waals surface area contributed by atoms with Gasteiger partial charge in [0.2, 0.25) is 9.84 Å². The van der Waals surface area contributed by atoms with Crippen LogP contribution in [0.25, 0.3) is 5.32 Å². The van der Waals surface area contributed by atoms with Crippen molar-refractivity contribution >= 4 is 44.4 Å². The molecule has 0 unspecified atom stereocenters. The number of nitrogens with one attached hydrogen (secondary N) is 1. The first-order valence-electron chi connectivity index (χ1n) is 8.42. The van der Waals surface area contributed by atoms with E-state index in [1.807, 2.05) is 0 Å². The molecule has 0 spiro atoms. The summed E-state index contributed by atoms with van der Waals surface area (Å²) in [4.78, 5) is 0.137. The van der Waals surface area contributed by atoms with E-state index in [9.17, 15) is 8.42 Å². The molecule has 1 fully saturated rings. The van der Waals surface area contributed by atoms with Crippen LogP contribution in [0.4, 0.5) is 11.4 Å². The first kappa shape index (κ1) is 17.9. The summed E-state index contributed by atoms with van der Waals surface area (Å²) >= 11 is 12.2. The normalized spacial score (nSPS) is 21.1. The predicted molar refractivity (Wildman–Crippen MR) is 102 cm³/mol. The Morgan fingerprint density at radius 1 is 1.08 bits per heavy atom. The molecule has 2 aromatic carbocycles. The number of fused-ring (bicyclic) bond motifs is 2. The molecule has 2 aliphatic rings. The molecular weight excluding hydrogens is 395 g/mol. The maximum absolute atomic E-state index is 13.1. The number of hydrogen-bond acceptors (Lipinski definition) is 4. The van der Waals surface area contributed by atoms with Crippen LogP contribution < -0.4 is 10.1 Å². The third kappa shape index (κ3) is 3.27. The van der Waals surface area contributed by atoms with Crippen LogP contribution in [0, 0.1) is 0 Å². The van der Waals surface area contributed by atoms with E-state index >= 15 is 0 Å². The molecule has 1 atom stereocenters. The van der Waals surface area contributed by atoms with E-state index in [-0.39, 0.29) is 15.9 Å². The number of ether oxygens (including phenoxy) is 1. The molecule has 2 aliphatic heterocycles. The summed E-state index contributed by atoms with van der Waals surface area (Å²) in [6, 6.07) is 7.68. The van der Waals surface area contributed by atoms with Crippen molar-refractivity contribution in [1.82, 2.24) is 5.32 Å². The molecule has 8 heteroatoms. The van der Waals surface area contributed by atoms with Crippen molar-refractivity contribution in [3.63, 3.8) is 0 Å². The lowest BCUT2D eigenvalue weighted by molar-refractivity contribution is 0.195. The Morgan fingerprint density at radius 3 is 2.73 bits per heavy atom. The van der Waals surface area contributed by atoms with Gasteiger partial charge >= 0.3 is 0 Å². The Kier molecular flexibility index (Phi) is 4.77. The molecule has 4 rings (SSSR count). The molecule has 2 aromatic rings. The van der Waals surface area contributed by atoms with Gasteiger partial charge in [0, 0.05) is 16.6 Å². The highest BCUT2D eigenvalue weighted by Gasteiger charge is 2.27. The number of halogens is 2. The van der Waals surface area contributed by atoms with E-state index in [4.69, 9.17) is 27.9 Å². The molecule has 0 amide bonds. The topological polar surface area (TPSA) is 69.5 Å². The second-order valence-corrected chi connectivity index (χ2v) is 9.18. The van der Waals surface area contributed by atoms with Crippen LogP contribution >= 0.6 is 23.2 Å². The van der Waals surface area contributed by atoms with E-state index < -0.39 is 9.84 Å². The van der Waals surface area contributed by atoms with Crippen LogP contribution in [0.15, 0.2) is 40.1 Å². The van der Waals surface area contributed by atoms with Crippen LogP contribution in [-0.2, 0) is 9.84 Å². The van der Waals surface area contributed by atoms with Gasteiger partial charge in [0.05, 0.1) is 9.79 Å². The van der Waals surface area contributed by atoms with E-state index in [1.54, 1.807) is 18.2 Å². The standard InChI is InChI=1S/C18H17Cl2N2O3S/c19-11-4-5-14-16(8-11)26(23,24)17-9-12(20)7-15(18(17)22-14)25-13-3-1-2-6-21-10-13/h4-5,7-9,13,21H,1-3,6,10H2/q-1/t13-/m1/s1. The summed E-state index contributed by atoms with van der Waals surface area (Å²) in [7, 11) is -3.78. The van der Waals surface area contributed by atoms with E-state index in [2.05, 4.69) is 10.6 Å². The highest BCUT2D eigenvalue weighted by atomic mass is 35.5. The lowest BCUT2D eigenvalue weighted by Crippen LogP contribution is -2.29. The van der Waals surface area contributed by atoms with Crippen LogP contribution in [0.2, 0.25) is 10.0 Å². The van der Waals surface area contributed by atoms with Crippen molar-refractivity contribution in [2.24, 2.45) is 0 Å². The van der Waals surface area contributed by atoms with Gasteiger partial charge in [-0.3, -0.25) is 0 Å². The molecule has 5 nitrogen and oxygen atoms in total. The van der Waals surface area contributed by atoms with E-state index in [1.165, 1.54) is 12.1 Å². The first-order chi connectivity index (χ1) is 12.4. The smallest absolute Gasteiger partial charge is 0.204 e. The third-order valence-electron chi connectivity index (χ3n) is 4.53. The summed E-state index contributed by atoms with van der Waals surface area (Å²) < 4.78 is 32.2. The summed E-state index contributed by atoms with van der Waals surface area (Å²) in [5, 5.41) is 8.50. The Hall–Kier alpha value is -1.47. The van der Waals surface area contributed by atoms with Gasteiger partial charge in [-0.2, -0.15) is 0 Å². The van der Waals surface area contributed by atoms with Crippen molar-refractivity contribution in [3.8, 4) is 5.75 Å². The zero-order valence-electron chi connectivity index (χ0n) is 13.8. The van der Waals surface area contributed by atoms with Gasteiger partial charge < -0.3 is 15.4 Å². The average Bonchev–Trinajstić information content (AvgIpc) is 2.86. The second kappa shape index (κ2) is 6.93. The zero-order chi connectivity index (χ0) is 18.3. The van der Waals surface area contributed by atoms with Gasteiger partial charge in [-0.15, -0.1) is 5.69 Å². The molecule has 0 bridgehead atoms. The predicted octanol–water partition coefficient (Wildman–Crippen LogP) is 5.00. The van der Waals surface area contributed by atoms with Crippen LogP contribution in [0.5, 0.6) is 5.75 Å². The summed E-state index contributed by atoms with van der Waals surface area (Å²) in [5.74, 6) is 0.394. The Balaban J connectivity index is 1.79. The van der Waals surface area contributed by atoms with Gasteiger partial charge in [0.15, 0.2) is 0 Å². The van der Waals surface area contributed by atoms with Crippen LogP contribution in [0.1, 0.15) is 19.3 Å². The first-order valence-corrected chi connectivity index (χ1v) is 10.7. The van der Waals surface area contributed by atoms with Crippen LogP contribution in [0.3, 0.4) is 0 Å². The molecule has 0 aromatic heterocycles. The molecule has 0 aliphatic carbocycles. The molecule has 1 saturated heterocycles. The third-order valence-corrected chi connectivity index (χ3v) is 6.78. The van der Waals surface area contributed by atoms with Gasteiger partial charge in [0.1, 0.15) is 11.9 Å². The number of rotatable bonds is 2. The lowest BCUT2D eigenvalue weighted by atomic mass is 10.2. The number of nitrogens with zero attached hydrogens (tertiary/aromatic N) is 1. The maximum atomic E-state index is 13.1. The highest BCUT2D eigenvalue weighted by Crippen LogP contribution is 2.53. The fourth-order valence-electron chi connectivity index (χ4n) is 3.26. The minimum atomic E-state index is -3.78. The largest absolute Gasteiger partial charge is 0.653 e. The quantitative estimate of drug-likeness (QED) is 0.643. The van der Waals surface area contributed by atoms with Crippen molar-refractivity contribution in [2.45, 2.75) is 35.2 Å². The van der Waals surface area contributed by atoms with Gasteiger partial charge in [-0.25, -0.2) is 8.42 Å². The fraction of sp³-hybridized carbons (Fsp3) is 0.333. The molecule has 1 N–H and O–H groups in total. The van der Waals surface area contributed by atoms with E-state index in [0.717, 1.165) is 25.8 Å². The number of sulfone groups is 1. The molecular formula is C18H17Cl2N2O3S-. The van der Waals surface area contributed by atoms with Crippen molar-refractivity contribution in [3.05, 3.63) is 45.7 Å². The number of benzene rings is 2. The van der Waals surface area contributed by atoms with Crippen molar-refractivity contribution < 1.29 is 13.2 Å². The average molecular weight is 412 g/mol. The van der Waals surface area contributed by atoms with Gasteiger partial charge in [-0.1, -0.05) is 35.0 Å². The monoisotopic (exact) mass is 411 g/mol. The maximum Gasteiger partial charge on any atom is 0.204 e. The molecule has 0 radical (unpaired) electrons. The van der Waals surface area contributed by atoms with Gasteiger partial charge in [-0.05, 0) is 50.1 Å². The second-order valence-electron chi connectivity index (χ2n) is 6.42. The zero-order valence-corrected chi connectivity index (χ0v) is 16.2. The minimum Gasteiger partial charge on any atom is -0.653 e. The Labute approximate surface area is 162 Å².